The number of fused-ring (bicyclic) bond motifs is 1. The van der Waals surface area contributed by atoms with Crippen LogP contribution in [0.1, 0.15) is 55.8 Å². The summed E-state index contributed by atoms with van der Waals surface area (Å²) in [5.74, 6) is 0.837. The number of hydrogen-bond acceptors (Lipinski definition) is 5. The van der Waals surface area contributed by atoms with Gasteiger partial charge in [0.2, 0.25) is 0 Å². The first kappa shape index (κ1) is 20.2. The second kappa shape index (κ2) is 7.43. The summed E-state index contributed by atoms with van der Waals surface area (Å²) in [5, 5.41) is 24.5. The number of nitrogens with one attached hydrogen (secondary N) is 1. The third-order valence-corrected chi connectivity index (χ3v) is 7.93. The molecule has 6 rings (SSSR count). The van der Waals surface area contributed by atoms with E-state index in [1.54, 1.807) is 24.3 Å². The topological polar surface area (TPSA) is 95.9 Å². The number of carbonyl (C=O) groups excluding carboxylic acids is 2. The highest BCUT2D eigenvalue weighted by molar-refractivity contribution is 6.04. The quantitative estimate of drug-likeness (QED) is 0.496. The SMILES string of the molecule is C[C@H](NC(=O)COC(=O)c1cc(O)c2ccccc2c1O)C12CC3CC(CC(C3)C1)C2. The van der Waals surface area contributed by atoms with Crippen molar-refractivity contribution in [2.75, 3.05) is 6.61 Å². The molecule has 2 aromatic rings. The maximum Gasteiger partial charge on any atom is 0.342 e. The summed E-state index contributed by atoms with van der Waals surface area (Å²) in [7, 11) is 0. The van der Waals surface area contributed by atoms with Gasteiger partial charge in [-0.3, -0.25) is 4.79 Å². The fourth-order valence-corrected chi connectivity index (χ4v) is 6.85. The van der Waals surface area contributed by atoms with Crippen molar-refractivity contribution in [2.45, 2.75) is 51.5 Å². The van der Waals surface area contributed by atoms with Crippen molar-refractivity contribution in [3.05, 3.63) is 35.9 Å². The number of carbonyl (C=O) groups is 2. The first-order valence-electron chi connectivity index (χ1n) is 11.2. The van der Waals surface area contributed by atoms with Crippen LogP contribution in [0.5, 0.6) is 11.5 Å². The van der Waals surface area contributed by atoms with Gasteiger partial charge in [0.15, 0.2) is 6.61 Å². The number of amides is 1. The lowest BCUT2D eigenvalue weighted by Crippen LogP contribution is -2.56. The van der Waals surface area contributed by atoms with Gasteiger partial charge in [0, 0.05) is 16.8 Å². The summed E-state index contributed by atoms with van der Waals surface area (Å²) in [6.45, 7) is 1.67. The normalized spacial score (nSPS) is 29.6. The Morgan fingerprint density at radius 3 is 2.26 bits per heavy atom. The third kappa shape index (κ3) is 3.52. The Morgan fingerprint density at radius 1 is 1.06 bits per heavy atom. The zero-order valence-corrected chi connectivity index (χ0v) is 17.8. The molecule has 4 fully saturated rings. The fourth-order valence-electron chi connectivity index (χ4n) is 6.85. The predicted molar refractivity (Wildman–Crippen MR) is 116 cm³/mol. The standard InChI is InChI=1S/C25H29NO5/c1-14(25-10-15-6-16(11-25)8-17(7-15)12-25)26-22(28)13-31-24(30)20-9-21(27)18-4-2-3-5-19(18)23(20)29/h2-5,9,14-17,27,29H,6-8,10-13H2,1H3,(H,26,28)/t14-,15?,16?,17?,25?/m0/s1. The van der Waals surface area contributed by atoms with Gasteiger partial charge < -0.3 is 20.3 Å². The molecule has 0 saturated heterocycles. The van der Waals surface area contributed by atoms with E-state index >= 15 is 0 Å². The van der Waals surface area contributed by atoms with Crippen LogP contribution in [0.25, 0.3) is 10.8 Å². The Hall–Kier alpha value is -2.76. The molecule has 6 heteroatoms. The van der Waals surface area contributed by atoms with Gasteiger partial charge in [0.05, 0.1) is 0 Å². The van der Waals surface area contributed by atoms with Gasteiger partial charge >= 0.3 is 5.97 Å². The van der Waals surface area contributed by atoms with Crippen LogP contribution in [-0.4, -0.2) is 34.7 Å². The number of ether oxygens (including phenoxy) is 1. The van der Waals surface area contributed by atoms with Crippen LogP contribution in [0.2, 0.25) is 0 Å². The summed E-state index contributed by atoms with van der Waals surface area (Å²) in [6, 6.07) is 7.92. The van der Waals surface area contributed by atoms with Gasteiger partial charge in [0.1, 0.15) is 17.1 Å². The van der Waals surface area contributed by atoms with E-state index < -0.39 is 12.6 Å². The highest BCUT2D eigenvalue weighted by atomic mass is 16.5. The molecule has 31 heavy (non-hydrogen) atoms. The van der Waals surface area contributed by atoms with E-state index in [1.807, 2.05) is 0 Å². The molecule has 0 spiro atoms. The van der Waals surface area contributed by atoms with E-state index in [4.69, 9.17) is 4.74 Å². The lowest BCUT2D eigenvalue weighted by Gasteiger charge is -2.59. The van der Waals surface area contributed by atoms with Crippen molar-refractivity contribution in [3.8, 4) is 11.5 Å². The second-order valence-corrected chi connectivity index (χ2v) is 9.98. The van der Waals surface area contributed by atoms with Crippen LogP contribution >= 0.6 is 0 Å². The maximum absolute atomic E-state index is 12.5. The molecule has 164 valence electrons. The Bertz CT molecular complexity index is 1010. The molecule has 3 N–H and O–H groups in total. The fraction of sp³-hybridized carbons (Fsp3) is 0.520. The van der Waals surface area contributed by atoms with E-state index in [-0.39, 0.29) is 34.4 Å². The summed E-state index contributed by atoms with van der Waals surface area (Å²) < 4.78 is 5.17. The first-order valence-corrected chi connectivity index (χ1v) is 11.2. The van der Waals surface area contributed by atoms with Gasteiger partial charge in [-0.1, -0.05) is 24.3 Å². The zero-order valence-electron chi connectivity index (χ0n) is 17.8. The lowest BCUT2D eigenvalue weighted by molar-refractivity contribution is -0.128. The van der Waals surface area contributed by atoms with Gasteiger partial charge in [-0.25, -0.2) is 4.79 Å². The van der Waals surface area contributed by atoms with E-state index in [0.717, 1.165) is 17.8 Å². The highest BCUT2D eigenvalue weighted by Gasteiger charge is 2.53. The molecule has 4 aliphatic rings. The summed E-state index contributed by atoms with van der Waals surface area (Å²) >= 11 is 0. The number of esters is 1. The Morgan fingerprint density at radius 2 is 1.65 bits per heavy atom. The number of phenols is 2. The smallest absolute Gasteiger partial charge is 0.342 e. The van der Waals surface area contributed by atoms with Crippen LogP contribution in [0.15, 0.2) is 30.3 Å². The van der Waals surface area contributed by atoms with Crippen molar-refractivity contribution in [1.29, 1.82) is 0 Å². The van der Waals surface area contributed by atoms with Gasteiger partial charge in [-0.15, -0.1) is 0 Å². The average Bonchev–Trinajstić information content (AvgIpc) is 2.73. The monoisotopic (exact) mass is 423 g/mol. The Balaban J connectivity index is 1.23. The minimum atomic E-state index is -0.837. The van der Waals surface area contributed by atoms with E-state index in [0.29, 0.717) is 10.8 Å². The second-order valence-electron chi connectivity index (χ2n) is 9.98. The molecule has 0 heterocycles. The van der Waals surface area contributed by atoms with E-state index in [2.05, 4.69) is 12.2 Å². The summed E-state index contributed by atoms with van der Waals surface area (Å²) in [6.07, 6.45) is 7.60. The Kier molecular flexibility index (Phi) is 4.83. The molecular formula is C25H29NO5. The van der Waals surface area contributed by atoms with E-state index in [1.165, 1.54) is 44.6 Å². The number of hydrogen-bond donors (Lipinski definition) is 3. The Labute approximate surface area is 181 Å². The van der Waals surface area contributed by atoms with Gasteiger partial charge in [0.25, 0.3) is 5.91 Å². The minimum Gasteiger partial charge on any atom is -0.507 e. The van der Waals surface area contributed by atoms with Crippen LogP contribution in [0.4, 0.5) is 0 Å². The summed E-state index contributed by atoms with van der Waals surface area (Å²) in [5.41, 5.74) is 0.0229. The molecule has 6 nitrogen and oxygen atoms in total. The molecule has 4 aliphatic carbocycles. The number of aromatic hydroxyl groups is 2. The molecule has 0 unspecified atom stereocenters. The molecular weight excluding hydrogens is 394 g/mol. The number of benzene rings is 2. The first-order chi connectivity index (χ1) is 14.8. The molecule has 4 bridgehead atoms. The molecule has 1 atom stereocenters. The third-order valence-electron chi connectivity index (χ3n) is 7.93. The van der Waals surface area contributed by atoms with Crippen molar-refractivity contribution >= 4 is 22.6 Å². The number of phenolic OH excluding ortho intramolecular Hbond substituents is 2. The molecule has 1 amide bonds. The largest absolute Gasteiger partial charge is 0.507 e. The van der Waals surface area contributed by atoms with Gasteiger partial charge in [-0.2, -0.15) is 0 Å². The molecule has 2 aromatic carbocycles. The van der Waals surface area contributed by atoms with Crippen LogP contribution < -0.4 is 5.32 Å². The van der Waals surface area contributed by atoms with Crippen LogP contribution in [0.3, 0.4) is 0 Å². The molecule has 4 saturated carbocycles. The van der Waals surface area contributed by atoms with Gasteiger partial charge in [-0.05, 0) is 74.7 Å². The zero-order chi connectivity index (χ0) is 21.8. The number of rotatable bonds is 5. The minimum absolute atomic E-state index is 0.0465. The van der Waals surface area contributed by atoms with Crippen LogP contribution in [-0.2, 0) is 9.53 Å². The lowest BCUT2D eigenvalue weighted by atomic mass is 9.48. The highest BCUT2D eigenvalue weighted by Crippen LogP contribution is 2.61. The molecule has 0 aromatic heterocycles. The van der Waals surface area contributed by atoms with Crippen molar-refractivity contribution in [2.24, 2.45) is 23.2 Å². The summed E-state index contributed by atoms with van der Waals surface area (Å²) in [4.78, 5) is 25.0. The van der Waals surface area contributed by atoms with Crippen molar-refractivity contribution in [3.63, 3.8) is 0 Å². The van der Waals surface area contributed by atoms with Crippen molar-refractivity contribution in [1.82, 2.24) is 5.32 Å². The van der Waals surface area contributed by atoms with Crippen molar-refractivity contribution < 1.29 is 24.5 Å². The van der Waals surface area contributed by atoms with E-state index in [9.17, 15) is 19.8 Å². The predicted octanol–water partition coefficient (Wildman–Crippen LogP) is 4.13. The van der Waals surface area contributed by atoms with Crippen LogP contribution in [0, 0.1) is 23.2 Å². The molecule has 0 aliphatic heterocycles. The maximum atomic E-state index is 12.5. The molecule has 0 radical (unpaired) electrons. The average molecular weight is 424 g/mol.